The lowest BCUT2D eigenvalue weighted by atomic mass is 10.1. The fourth-order valence-corrected chi connectivity index (χ4v) is 2.54. The summed E-state index contributed by atoms with van der Waals surface area (Å²) >= 11 is 0. The number of fused-ring (bicyclic) bond motifs is 1. The highest BCUT2D eigenvalue weighted by Crippen LogP contribution is 2.17. The predicted molar refractivity (Wildman–Crippen MR) is 74.1 cm³/mol. The summed E-state index contributed by atoms with van der Waals surface area (Å²) in [6.07, 6.45) is 0. The van der Waals surface area contributed by atoms with Crippen LogP contribution in [-0.2, 0) is 19.6 Å². The lowest BCUT2D eigenvalue weighted by Gasteiger charge is -2.07. The van der Waals surface area contributed by atoms with Gasteiger partial charge in [-0.15, -0.1) is 0 Å². The van der Waals surface area contributed by atoms with Crippen LogP contribution in [0, 0.1) is 13.8 Å². The number of aromatic nitrogens is 1. The highest BCUT2D eigenvalue weighted by molar-refractivity contribution is 5.96. The minimum Gasteiger partial charge on any atom is -0.361 e. The van der Waals surface area contributed by atoms with Crippen LogP contribution < -0.4 is 10.6 Å². The molecular formula is C15H17N3O2. The van der Waals surface area contributed by atoms with Crippen LogP contribution in [0.1, 0.15) is 38.5 Å². The Hall–Kier alpha value is -2.14. The van der Waals surface area contributed by atoms with Crippen molar-refractivity contribution in [3.05, 3.63) is 51.9 Å². The molecular weight excluding hydrogens is 254 g/mol. The quantitative estimate of drug-likeness (QED) is 0.893. The maximum absolute atomic E-state index is 12.1. The van der Waals surface area contributed by atoms with Gasteiger partial charge in [0.2, 0.25) is 0 Å². The topological polar surface area (TPSA) is 67.2 Å². The van der Waals surface area contributed by atoms with Crippen LogP contribution in [0.2, 0.25) is 0 Å². The van der Waals surface area contributed by atoms with E-state index in [0.717, 1.165) is 18.7 Å². The largest absolute Gasteiger partial charge is 0.361 e. The number of nitrogens with one attached hydrogen (secondary N) is 2. The molecule has 5 heteroatoms. The van der Waals surface area contributed by atoms with Crippen LogP contribution in [-0.4, -0.2) is 11.1 Å². The molecule has 2 aromatic rings. The molecule has 1 aromatic heterocycles. The summed E-state index contributed by atoms with van der Waals surface area (Å²) in [5.74, 6) is 0.415. The lowest BCUT2D eigenvalue weighted by Crippen LogP contribution is -2.23. The Morgan fingerprint density at radius 1 is 1.35 bits per heavy atom. The van der Waals surface area contributed by atoms with E-state index in [9.17, 15) is 4.79 Å². The molecule has 2 N–H and O–H groups in total. The monoisotopic (exact) mass is 271 g/mol. The van der Waals surface area contributed by atoms with E-state index in [2.05, 4.69) is 34.0 Å². The molecule has 1 amide bonds. The number of hydrogen-bond donors (Lipinski definition) is 2. The van der Waals surface area contributed by atoms with Crippen LogP contribution in [0.3, 0.4) is 0 Å². The van der Waals surface area contributed by atoms with Crippen LogP contribution >= 0.6 is 0 Å². The van der Waals surface area contributed by atoms with E-state index in [1.165, 1.54) is 11.1 Å². The highest BCUT2D eigenvalue weighted by Gasteiger charge is 2.17. The van der Waals surface area contributed by atoms with E-state index in [-0.39, 0.29) is 5.91 Å². The molecule has 5 nitrogen and oxygen atoms in total. The molecule has 0 aliphatic carbocycles. The first-order chi connectivity index (χ1) is 9.65. The Balaban J connectivity index is 1.69. The van der Waals surface area contributed by atoms with Crippen molar-refractivity contribution in [2.45, 2.75) is 33.5 Å². The summed E-state index contributed by atoms with van der Waals surface area (Å²) in [5, 5.41) is 10.0. The van der Waals surface area contributed by atoms with Crippen molar-refractivity contribution in [2.24, 2.45) is 0 Å². The first kappa shape index (κ1) is 12.9. The molecule has 0 saturated heterocycles. The third kappa shape index (κ3) is 2.32. The minimum absolute atomic E-state index is 0.139. The molecule has 1 aliphatic heterocycles. The molecule has 20 heavy (non-hydrogen) atoms. The first-order valence-corrected chi connectivity index (χ1v) is 6.67. The second-order valence-electron chi connectivity index (χ2n) is 5.09. The Kier molecular flexibility index (Phi) is 3.28. The Labute approximate surface area is 117 Å². The molecule has 2 heterocycles. The van der Waals surface area contributed by atoms with E-state index in [1.807, 2.05) is 0 Å². The van der Waals surface area contributed by atoms with E-state index >= 15 is 0 Å². The van der Waals surface area contributed by atoms with Crippen LogP contribution in [0.15, 0.2) is 22.7 Å². The molecule has 0 bridgehead atoms. The number of hydrogen-bond acceptors (Lipinski definition) is 4. The molecule has 0 atom stereocenters. The van der Waals surface area contributed by atoms with Crippen molar-refractivity contribution in [1.29, 1.82) is 0 Å². The van der Waals surface area contributed by atoms with E-state index < -0.39 is 0 Å². The fourth-order valence-electron chi connectivity index (χ4n) is 2.54. The SMILES string of the molecule is Cc1noc(C)c1C(=O)NCc1ccc2c(c1)CNC2. The number of nitrogens with zero attached hydrogens (tertiary/aromatic N) is 1. The van der Waals surface area contributed by atoms with Gasteiger partial charge in [-0.3, -0.25) is 4.79 Å². The number of carbonyl (C=O) groups is 1. The Morgan fingerprint density at radius 3 is 2.90 bits per heavy atom. The van der Waals surface area contributed by atoms with E-state index in [4.69, 9.17) is 4.52 Å². The number of rotatable bonds is 3. The number of amides is 1. The third-order valence-electron chi connectivity index (χ3n) is 3.62. The van der Waals surface area contributed by atoms with Crippen LogP contribution in [0.5, 0.6) is 0 Å². The standard InChI is InChI=1S/C15H17N3O2/c1-9-14(10(2)20-18-9)15(19)17-6-11-3-4-12-7-16-8-13(12)5-11/h3-5,16H,6-8H2,1-2H3,(H,17,19). The van der Waals surface area contributed by atoms with Crippen molar-refractivity contribution in [1.82, 2.24) is 15.8 Å². The lowest BCUT2D eigenvalue weighted by molar-refractivity contribution is 0.0949. The summed E-state index contributed by atoms with van der Waals surface area (Å²) in [4.78, 5) is 12.1. The average Bonchev–Trinajstić information content (AvgIpc) is 3.02. The van der Waals surface area contributed by atoms with Crippen molar-refractivity contribution < 1.29 is 9.32 Å². The third-order valence-corrected chi connectivity index (χ3v) is 3.62. The molecule has 104 valence electrons. The summed E-state index contributed by atoms with van der Waals surface area (Å²) in [7, 11) is 0. The molecule has 0 unspecified atom stereocenters. The molecule has 0 radical (unpaired) electrons. The van der Waals surface area contributed by atoms with Gasteiger partial charge in [-0.1, -0.05) is 23.4 Å². The van der Waals surface area contributed by atoms with Crippen molar-refractivity contribution in [3.63, 3.8) is 0 Å². The molecule has 1 aliphatic rings. The highest BCUT2D eigenvalue weighted by atomic mass is 16.5. The maximum Gasteiger partial charge on any atom is 0.257 e. The normalized spacial score (nSPS) is 13.3. The van der Waals surface area contributed by atoms with Crippen molar-refractivity contribution in [2.75, 3.05) is 0 Å². The summed E-state index contributed by atoms with van der Waals surface area (Å²) in [6.45, 7) is 5.86. The number of benzene rings is 1. The molecule has 0 spiro atoms. The van der Waals surface area contributed by atoms with Crippen LogP contribution in [0.4, 0.5) is 0 Å². The minimum atomic E-state index is -0.139. The molecule has 1 aromatic carbocycles. The van der Waals surface area contributed by atoms with Crippen molar-refractivity contribution in [3.8, 4) is 0 Å². The molecule has 3 rings (SSSR count). The Morgan fingerprint density at radius 2 is 2.15 bits per heavy atom. The summed E-state index contributed by atoms with van der Waals surface area (Å²) < 4.78 is 5.01. The zero-order valence-electron chi connectivity index (χ0n) is 11.6. The average molecular weight is 271 g/mol. The fraction of sp³-hybridized carbons (Fsp3) is 0.333. The zero-order valence-corrected chi connectivity index (χ0v) is 11.6. The van der Waals surface area contributed by atoms with E-state index in [0.29, 0.717) is 23.6 Å². The number of aryl methyl sites for hydroxylation is 2. The van der Waals surface area contributed by atoms with Gasteiger partial charge >= 0.3 is 0 Å². The van der Waals surface area contributed by atoms with Crippen molar-refractivity contribution >= 4 is 5.91 Å². The van der Waals surface area contributed by atoms with Gasteiger partial charge in [0.15, 0.2) is 0 Å². The maximum atomic E-state index is 12.1. The molecule has 0 saturated carbocycles. The smallest absolute Gasteiger partial charge is 0.257 e. The van der Waals surface area contributed by atoms with Crippen LogP contribution in [0.25, 0.3) is 0 Å². The van der Waals surface area contributed by atoms with Gasteiger partial charge in [0.25, 0.3) is 5.91 Å². The first-order valence-electron chi connectivity index (χ1n) is 6.67. The second kappa shape index (κ2) is 5.09. The predicted octanol–water partition coefficient (Wildman–Crippen LogP) is 1.82. The number of carbonyl (C=O) groups excluding carboxylic acids is 1. The van der Waals surface area contributed by atoms with Gasteiger partial charge in [-0.25, -0.2) is 0 Å². The summed E-state index contributed by atoms with van der Waals surface area (Å²) in [6, 6.07) is 6.31. The second-order valence-corrected chi connectivity index (χ2v) is 5.09. The van der Waals surface area contributed by atoms with Gasteiger partial charge in [0.1, 0.15) is 11.3 Å². The molecule has 0 fully saturated rings. The Bertz CT molecular complexity index is 642. The van der Waals surface area contributed by atoms with Gasteiger partial charge in [-0.05, 0) is 30.5 Å². The van der Waals surface area contributed by atoms with Gasteiger partial charge in [0.05, 0.1) is 5.69 Å². The van der Waals surface area contributed by atoms with Gasteiger partial charge in [-0.2, -0.15) is 0 Å². The van der Waals surface area contributed by atoms with E-state index in [1.54, 1.807) is 13.8 Å². The van der Waals surface area contributed by atoms with Gasteiger partial charge in [0, 0.05) is 19.6 Å². The van der Waals surface area contributed by atoms with Gasteiger partial charge < -0.3 is 15.2 Å². The zero-order chi connectivity index (χ0) is 14.1. The summed E-state index contributed by atoms with van der Waals surface area (Å²) in [5.41, 5.74) is 4.92.